The number of ether oxygens (including phenoxy) is 1. The molecule has 3 rings (SSSR count). The van der Waals surface area contributed by atoms with Gasteiger partial charge in [-0.2, -0.15) is 0 Å². The zero-order valence-corrected chi connectivity index (χ0v) is 11.5. The Bertz CT molecular complexity index is 973. The minimum atomic E-state index is -2.91. The van der Waals surface area contributed by atoms with Gasteiger partial charge in [-0.05, 0) is 50.1 Å². The van der Waals surface area contributed by atoms with Gasteiger partial charge in [-0.3, -0.25) is 0 Å². The topological polar surface area (TPSA) is 57.4 Å². The molecule has 112 valence electrons. The number of likely N-dealkylation sites (N-methyl/N-ethyl adjacent to an activating group) is 1. The highest BCUT2D eigenvalue weighted by molar-refractivity contribution is 5.84. The van der Waals surface area contributed by atoms with Gasteiger partial charge in [-0.25, -0.2) is 4.79 Å². The number of H-pyrrole nitrogens is 1. The molecule has 5 nitrogen and oxygen atoms in total. The Kier molecular flexibility index (Phi) is 1.88. The highest BCUT2D eigenvalue weighted by Gasteiger charge is 2.22. The van der Waals surface area contributed by atoms with Gasteiger partial charge < -0.3 is 19.9 Å². The van der Waals surface area contributed by atoms with Gasteiger partial charge in [-0.15, -0.1) is 0 Å². The lowest BCUT2D eigenvalue weighted by Gasteiger charge is -2.09. The summed E-state index contributed by atoms with van der Waals surface area (Å²) in [6.07, 6.45) is -2.15. The molecule has 1 aliphatic rings. The summed E-state index contributed by atoms with van der Waals surface area (Å²) in [5.41, 5.74) is 0.777. The fraction of sp³-hybridized carbons (Fsp3) is 0.438. The summed E-state index contributed by atoms with van der Waals surface area (Å²) in [5.74, 6) is 0. The minimum absolute atomic E-state index is 0.0411. The largest absolute Gasteiger partial charge is 0.447 e. The highest BCUT2D eigenvalue weighted by atomic mass is 16.6. The Morgan fingerprint density at radius 3 is 3.29 bits per heavy atom. The molecular weight excluding hydrogens is 266 g/mol. The number of carbonyl (C=O) groups is 1. The second kappa shape index (κ2) is 5.77. The average Bonchev–Trinajstić information content (AvgIpc) is 3.14. The summed E-state index contributed by atoms with van der Waals surface area (Å²) < 4.78 is 76.2. The molecular formula is C16H21N3O2. The number of hydrogen-bond donors (Lipinski definition) is 2. The summed E-state index contributed by atoms with van der Waals surface area (Å²) in [6, 6.07) is 4.27. The standard InChI is InChI=1S/C16H21N3O2/c1-19(2)6-5-12-9-17-15-4-3-11(8-14(12)15)7-13-10-21-16(20)18-13/h3-4,8-9,13,17H,5-7,10H2,1-2H3,(H,18,20)/t13-/m0/s1/i1D3,5D2,6D2/hD2. The summed E-state index contributed by atoms with van der Waals surface area (Å²) >= 11 is 0. The lowest BCUT2D eigenvalue weighted by atomic mass is 10.0. The highest BCUT2D eigenvalue weighted by Crippen LogP contribution is 2.21. The molecule has 5 heteroatoms. The van der Waals surface area contributed by atoms with Crippen LogP contribution in [0.2, 0.25) is 2.82 Å². The third-order valence-corrected chi connectivity index (χ3v) is 3.20. The lowest BCUT2D eigenvalue weighted by Crippen LogP contribution is -2.28. The Hall–Kier alpha value is -2.01. The van der Waals surface area contributed by atoms with Crippen molar-refractivity contribution >= 4 is 17.0 Å². The zero-order valence-electron chi connectivity index (χ0n) is 20.5. The first kappa shape index (κ1) is 6.83. The molecule has 21 heavy (non-hydrogen) atoms. The monoisotopic (exact) mass is 296 g/mol. The van der Waals surface area contributed by atoms with Crippen molar-refractivity contribution in [2.24, 2.45) is 0 Å². The van der Waals surface area contributed by atoms with Crippen LogP contribution in [0, 0.1) is 0 Å². The van der Waals surface area contributed by atoms with E-state index < -0.39 is 32.0 Å². The number of cyclic esters (lactones) is 1. The molecule has 1 saturated heterocycles. The number of aryl methyl sites for hydroxylation is 1. The van der Waals surface area contributed by atoms with Gasteiger partial charge in [0.05, 0.1) is 6.04 Å². The molecule has 0 radical (unpaired) electrons. The average molecular weight is 296 g/mol. The summed E-state index contributed by atoms with van der Waals surface area (Å²) in [4.78, 5) is 12.6. The molecule has 1 atom stereocenters. The predicted octanol–water partition coefficient (Wildman–Crippen LogP) is 1.92. The fourth-order valence-electron chi connectivity index (χ4n) is 2.25. The van der Waals surface area contributed by atoms with Crippen molar-refractivity contribution < 1.29 is 22.0 Å². The van der Waals surface area contributed by atoms with Crippen LogP contribution in [0.15, 0.2) is 24.4 Å². The van der Waals surface area contributed by atoms with Crippen LogP contribution >= 0.6 is 0 Å². The molecule has 1 aliphatic heterocycles. The van der Waals surface area contributed by atoms with E-state index in [0.29, 0.717) is 16.0 Å². The van der Waals surface area contributed by atoms with Crippen molar-refractivity contribution in [1.29, 1.82) is 0 Å². The summed E-state index contributed by atoms with van der Waals surface area (Å²) in [7, 11) is 0.982. The second-order valence-corrected chi connectivity index (χ2v) is 4.88. The van der Waals surface area contributed by atoms with E-state index in [2.05, 4.69) is 0 Å². The van der Waals surface area contributed by atoms with Gasteiger partial charge in [0.15, 0.2) is 2.82 Å². The molecule has 2 N–H and O–H groups in total. The number of benzene rings is 1. The van der Waals surface area contributed by atoms with Crippen molar-refractivity contribution in [3.8, 4) is 0 Å². The fourth-order valence-corrected chi connectivity index (χ4v) is 2.25. The third-order valence-electron chi connectivity index (χ3n) is 3.20. The molecule has 1 aromatic carbocycles. The van der Waals surface area contributed by atoms with Crippen LogP contribution in [0.3, 0.4) is 0 Å². The van der Waals surface area contributed by atoms with Crippen molar-refractivity contribution in [2.45, 2.75) is 18.8 Å². The van der Waals surface area contributed by atoms with Crippen molar-refractivity contribution in [2.75, 3.05) is 27.1 Å². The number of nitrogens with one attached hydrogen (secondary N) is 2. The van der Waals surface area contributed by atoms with Crippen molar-refractivity contribution in [3.05, 3.63) is 35.5 Å². The lowest BCUT2D eigenvalue weighted by molar-refractivity contribution is 0.177. The number of aromatic nitrogens is 1. The number of amides is 1. The van der Waals surface area contributed by atoms with Crippen molar-refractivity contribution in [3.63, 3.8) is 0 Å². The molecule has 2 heterocycles. The molecule has 0 unspecified atom stereocenters. The molecule has 0 spiro atoms. The zero-order chi connectivity index (χ0) is 22.6. The second-order valence-electron chi connectivity index (χ2n) is 4.88. The summed E-state index contributed by atoms with van der Waals surface area (Å²) in [5, 5.41) is 0.973. The van der Waals surface area contributed by atoms with Gasteiger partial charge in [0.25, 0.3) is 0 Å². The van der Waals surface area contributed by atoms with E-state index >= 15 is 0 Å². The van der Waals surface area contributed by atoms with E-state index in [1.54, 1.807) is 18.2 Å². The molecule has 1 fully saturated rings. The molecule has 2 aromatic rings. The number of aromatic amines is 1. The third kappa shape index (κ3) is 3.19. The first-order valence-corrected chi connectivity index (χ1v) is 6.50. The normalized spacial score (nSPS) is 27.0. The van der Waals surface area contributed by atoms with E-state index in [4.69, 9.17) is 17.2 Å². The maximum atomic E-state index is 11.4. The first-order chi connectivity index (χ1) is 13.7. The maximum absolute atomic E-state index is 11.4. The number of rotatable bonds is 5. The van der Waals surface area contributed by atoms with E-state index in [0.717, 1.165) is 23.5 Å². The Morgan fingerprint density at radius 1 is 1.62 bits per heavy atom. The number of nitrogens with zero attached hydrogens (tertiary/aromatic N) is 1. The molecule has 0 saturated carbocycles. The van der Waals surface area contributed by atoms with Crippen LogP contribution in [-0.2, 0) is 17.5 Å². The van der Waals surface area contributed by atoms with E-state index in [1.807, 2.05) is 0 Å². The quantitative estimate of drug-likeness (QED) is 0.886. The Morgan fingerprint density at radius 2 is 2.52 bits per heavy atom. The van der Waals surface area contributed by atoms with Gasteiger partial charge >= 0.3 is 6.09 Å². The molecule has 0 bridgehead atoms. The number of fused-ring (bicyclic) bond motifs is 1. The van der Waals surface area contributed by atoms with E-state index in [-0.39, 0.29) is 24.0 Å². The van der Waals surface area contributed by atoms with Crippen LogP contribution < -0.4 is 5.31 Å². The first-order valence-electron chi connectivity index (χ1n) is 10.9. The maximum Gasteiger partial charge on any atom is 0.407 e. The summed E-state index contributed by atoms with van der Waals surface area (Å²) in [6.45, 7) is -5.74. The van der Waals surface area contributed by atoms with Crippen LogP contribution in [0.1, 0.15) is 20.7 Å². The number of alkyl carbamates (subject to hydrolysis) is 1. The van der Waals surface area contributed by atoms with Crippen LogP contribution in [0.4, 0.5) is 4.79 Å². The molecule has 1 aromatic heterocycles. The van der Waals surface area contributed by atoms with Crippen LogP contribution in [0.25, 0.3) is 10.9 Å². The van der Waals surface area contributed by atoms with Gasteiger partial charge in [0.1, 0.15) is 6.61 Å². The van der Waals surface area contributed by atoms with E-state index in [9.17, 15) is 4.79 Å². The number of carbonyl (C=O) groups excluding carboxylic acids is 1. The molecule has 0 aliphatic carbocycles. The Balaban J connectivity index is 2.04. The Labute approximate surface area is 137 Å². The molecule has 1 amide bonds. The van der Waals surface area contributed by atoms with Crippen LogP contribution in [-0.4, -0.2) is 49.1 Å². The van der Waals surface area contributed by atoms with Gasteiger partial charge in [0, 0.05) is 33.2 Å². The SMILES string of the molecule is [2H]N1C(=O)OC[C@@H]1Cc1ccc2c(c1)c(C([2H])([2H])C([2H])([2H])N(C)C([2H])([2H])[2H])cn2[2H]. The smallest absolute Gasteiger partial charge is 0.407 e. The van der Waals surface area contributed by atoms with Crippen molar-refractivity contribution in [1.82, 2.24) is 15.2 Å². The minimum Gasteiger partial charge on any atom is -0.447 e. The predicted molar refractivity (Wildman–Crippen MR) is 82.5 cm³/mol. The van der Waals surface area contributed by atoms with Gasteiger partial charge in [0.2, 0.25) is 0 Å². The number of hydrogen-bond acceptors (Lipinski definition) is 3. The van der Waals surface area contributed by atoms with Gasteiger partial charge in [-0.1, -0.05) is 6.07 Å². The van der Waals surface area contributed by atoms with Crippen LogP contribution in [0.5, 0.6) is 0 Å². The van der Waals surface area contributed by atoms with E-state index in [1.165, 1.54) is 0 Å².